The molecule has 0 radical (unpaired) electrons. The molecule has 0 spiro atoms. The minimum absolute atomic E-state index is 0.0341. The SMILES string of the molecule is Cc1cccc2c1N(C(=O)Cc1ccc(S(=O)(=O)N3CCCCC3)s1)CC2. The monoisotopic (exact) mass is 404 g/mol. The molecule has 27 heavy (non-hydrogen) atoms. The normalized spacial score (nSPS) is 17.9. The van der Waals surface area contributed by atoms with Crippen molar-refractivity contribution in [3.63, 3.8) is 0 Å². The third kappa shape index (κ3) is 3.56. The molecule has 3 heterocycles. The van der Waals surface area contributed by atoms with E-state index in [0.717, 1.165) is 41.8 Å². The van der Waals surface area contributed by atoms with Crippen LogP contribution in [0.1, 0.15) is 35.3 Å². The number of para-hydroxylation sites is 1. The Hall–Kier alpha value is -1.70. The Morgan fingerprint density at radius 2 is 1.85 bits per heavy atom. The zero-order valence-corrected chi connectivity index (χ0v) is 17.1. The Morgan fingerprint density at radius 1 is 1.07 bits per heavy atom. The second-order valence-corrected chi connectivity index (χ2v) is 10.6. The first-order valence-corrected chi connectivity index (χ1v) is 11.7. The molecule has 144 valence electrons. The standard InChI is InChI=1S/C20H24N2O3S2/c1-15-6-5-7-16-10-13-22(20(15)16)18(23)14-17-8-9-19(26-17)27(24,25)21-11-3-2-4-12-21/h5-9H,2-4,10-14H2,1H3. The van der Waals surface area contributed by atoms with Gasteiger partial charge in [0.05, 0.1) is 6.42 Å². The Kier molecular flexibility index (Phi) is 5.09. The number of thiophene rings is 1. The van der Waals surface area contributed by atoms with Crippen molar-refractivity contribution in [3.05, 3.63) is 46.3 Å². The first kappa shape index (κ1) is 18.7. The number of nitrogens with zero attached hydrogens (tertiary/aromatic N) is 2. The van der Waals surface area contributed by atoms with Gasteiger partial charge in [-0.15, -0.1) is 11.3 Å². The Balaban J connectivity index is 1.50. The van der Waals surface area contributed by atoms with Crippen molar-refractivity contribution in [2.24, 2.45) is 0 Å². The lowest BCUT2D eigenvalue weighted by atomic mass is 10.1. The van der Waals surface area contributed by atoms with Gasteiger partial charge < -0.3 is 4.90 Å². The molecule has 1 aromatic heterocycles. The fraction of sp³-hybridized carbons (Fsp3) is 0.450. The van der Waals surface area contributed by atoms with Crippen LogP contribution in [0.2, 0.25) is 0 Å². The van der Waals surface area contributed by atoms with E-state index in [9.17, 15) is 13.2 Å². The van der Waals surface area contributed by atoms with Gasteiger partial charge in [0.15, 0.2) is 0 Å². The number of piperidine rings is 1. The van der Waals surface area contributed by atoms with Crippen molar-refractivity contribution in [2.45, 2.75) is 43.2 Å². The summed E-state index contributed by atoms with van der Waals surface area (Å²) in [5, 5.41) is 0. The fourth-order valence-corrected chi connectivity index (χ4v) is 6.99. The molecule has 2 aromatic rings. The van der Waals surface area contributed by atoms with E-state index in [0.29, 0.717) is 23.8 Å². The third-order valence-electron chi connectivity index (χ3n) is 5.37. The van der Waals surface area contributed by atoms with Crippen molar-refractivity contribution in [2.75, 3.05) is 24.5 Å². The number of hydrogen-bond acceptors (Lipinski definition) is 4. The van der Waals surface area contributed by atoms with E-state index in [4.69, 9.17) is 0 Å². The minimum atomic E-state index is -3.42. The van der Waals surface area contributed by atoms with Gasteiger partial charge in [-0.2, -0.15) is 4.31 Å². The Morgan fingerprint density at radius 3 is 2.63 bits per heavy atom. The van der Waals surface area contributed by atoms with Crippen LogP contribution in [0.25, 0.3) is 0 Å². The highest BCUT2D eigenvalue weighted by Crippen LogP contribution is 2.33. The first-order chi connectivity index (χ1) is 13.0. The second-order valence-electron chi connectivity index (χ2n) is 7.24. The van der Waals surface area contributed by atoms with Crippen molar-refractivity contribution in [3.8, 4) is 0 Å². The van der Waals surface area contributed by atoms with Crippen LogP contribution in [0.4, 0.5) is 5.69 Å². The molecule has 1 saturated heterocycles. The maximum atomic E-state index is 12.9. The molecule has 0 atom stereocenters. The number of amides is 1. The lowest BCUT2D eigenvalue weighted by molar-refractivity contribution is -0.117. The average Bonchev–Trinajstić information content (AvgIpc) is 3.30. The third-order valence-corrected chi connectivity index (χ3v) is 8.82. The summed E-state index contributed by atoms with van der Waals surface area (Å²) in [5.74, 6) is 0.0341. The van der Waals surface area contributed by atoms with E-state index < -0.39 is 10.0 Å². The molecule has 1 aromatic carbocycles. The van der Waals surface area contributed by atoms with Crippen molar-refractivity contribution < 1.29 is 13.2 Å². The van der Waals surface area contributed by atoms with Crippen LogP contribution in [-0.4, -0.2) is 38.3 Å². The van der Waals surface area contributed by atoms with Crippen LogP contribution in [0.3, 0.4) is 0 Å². The number of aryl methyl sites for hydroxylation is 1. The zero-order chi connectivity index (χ0) is 19.0. The number of sulfonamides is 1. The molecule has 7 heteroatoms. The van der Waals surface area contributed by atoms with Gasteiger partial charge in [0.1, 0.15) is 4.21 Å². The number of anilines is 1. The van der Waals surface area contributed by atoms with Crippen molar-refractivity contribution >= 4 is 33.0 Å². The van der Waals surface area contributed by atoms with Crippen LogP contribution in [0.15, 0.2) is 34.5 Å². The van der Waals surface area contributed by atoms with Crippen LogP contribution in [0, 0.1) is 6.92 Å². The molecule has 0 saturated carbocycles. The molecule has 0 bridgehead atoms. The summed E-state index contributed by atoms with van der Waals surface area (Å²) in [4.78, 5) is 15.5. The summed E-state index contributed by atoms with van der Waals surface area (Å²) < 4.78 is 27.5. The highest BCUT2D eigenvalue weighted by molar-refractivity contribution is 7.91. The van der Waals surface area contributed by atoms with Gasteiger partial charge in [0.25, 0.3) is 10.0 Å². The van der Waals surface area contributed by atoms with Gasteiger partial charge in [-0.3, -0.25) is 4.79 Å². The summed E-state index contributed by atoms with van der Waals surface area (Å²) >= 11 is 1.23. The maximum absolute atomic E-state index is 12.9. The molecule has 4 rings (SSSR count). The molecule has 2 aliphatic rings. The van der Waals surface area contributed by atoms with E-state index in [-0.39, 0.29) is 12.3 Å². The van der Waals surface area contributed by atoms with E-state index in [1.807, 2.05) is 24.0 Å². The Bertz CT molecular complexity index is 959. The van der Waals surface area contributed by atoms with Crippen molar-refractivity contribution in [1.29, 1.82) is 0 Å². The zero-order valence-electron chi connectivity index (χ0n) is 15.5. The van der Waals surface area contributed by atoms with E-state index in [1.54, 1.807) is 16.4 Å². The highest BCUT2D eigenvalue weighted by atomic mass is 32.2. The van der Waals surface area contributed by atoms with E-state index in [1.165, 1.54) is 16.9 Å². The van der Waals surface area contributed by atoms with Crippen LogP contribution in [-0.2, 0) is 27.7 Å². The Labute approximate surface area is 164 Å². The van der Waals surface area contributed by atoms with Gasteiger partial charge in [-0.05, 0) is 49.4 Å². The topological polar surface area (TPSA) is 57.7 Å². The number of benzene rings is 1. The predicted molar refractivity (Wildman–Crippen MR) is 108 cm³/mol. The summed E-state index contributed by atoms with van der Waals surface area (Å²) in [6.45, 7) is 3.92. The number of carbonyl (C=O) groups excluding carboxylic acids is 1. The van der Waals surface area contributed by atoms with Gasteiger partial charge >= 0.3 is 0 Å². The van der Waals surface area contributed by atoms with Gasteiger partial charge in [-0.25, -0.2) is 8.42 Å². The summed E-state index contributed by atoms with van der Waals surface area (Å²) in [6.07, 6.45) is 4.05. The quantitative estimate of drug-likeness (QED) is 0.785. The number of rotatable bonds is 4. The second kappa shape index (κ2) is 7.37. The summed E-state index contributed by atoms with van der Waals surface area (Å²) in [7, 11) is -3.42. The van der Waals surface area contributed by atoms with Gasteiger partial charge in [0, 0.05) is 30.2 Å². The predicted octanol–water partition coefficient (Wildman–Crippen LogP) is 3.36. The molecule has 0 unspecified atom stereocenters. The van der Waals surface area contributed by atoms with Crippen molar-refractivity contribution in [1.82, 2.24) is 4.31 Å². The average molecular weight is 405 g/mol. The number of fused-ring (bicyclic) bond motifs is 1. The lowest BCUT2D eigenvalue weighted by Crippen LogP contribution is -2.35. The summed E-state index contributed by atoms with van der Waals surface area (Å²) in [5.41, 5.74) is 3.35. The molecular formula is C20H24N2O3S2. The molecule has 2 aliphatic heterocycles. The molecule has 1 amide bonds. The molecule has 0 N–H and O–H groups in total. The minimum Gasteiger partial charge on any atom is -0.311 e. The molecule has 1 fully saturated rings. The first-order valence-electron chi connectivity index (χ1n) is 9.44. The largest absolute Gasteiger partial charge is 0.311 e. The van der Waals surface area contributed by atoms with Crippen LogP contribution in [0.5, 0.6) is 0 Å². The summed E-state index contributed by atoms with van der Waals surface area (Å²) in [6, 6.07) is 9.57. The smallest absolute Gasteiger partial charge is 0.252 e. The number of hydrogen-bond donors (Lipinski definition) is 0. The number of carbonyl (C=O) groups is 1. The lowest BCUT2D eigenvalue weighted by Gasteiger charge is -2.25. The van der Waals surface area contributed by atoms with Gasteiger partial charge in [0.2, 0.25) is 5.91 Å². The molecule has 5 nitrogen and oxygen atoms in total. The highest BCUT2D eigenvalue weighted by Gasteiger charge is 2.29. The fourth-order valence-electron chi connectivity index (χ4n) is 3.97. The van der Waals surface area contributed by atoms with E-state index >= 15 is 0 Å². The molecular weight excluding hydrogens is 380 g/mol. The van der Waals surface area contributed by atoms with Gasteiger partial charge in [-0.1, -0.05) is 24.6 Å². The van der Waals surface area contributed by atoms with Crippen LogP contribution < -0.4 is 4.90 Å². The maximum Gasteiger partial charge on any atom is 0.252 e. The van der Waals surface area contributed by atoms with E-state index in [2.05, 4.69) is 6.07 Å². The van der Waals surface area contributed by atoms with Crippen LogP contribution >= 0.6 is 11.3 Å². The molecule has 0 aliphatic carbocycles.